The summed E-state index contributed by atoms with van der Waals surface area (Å²) in [6.07, 6.45) is 0. The molecule has 0 aromatic heterocycles. The molecule has 0 unspecified atom stereocenters. The van der Waals surface area contributed by atoms with E-state index in [0.29, 0.717) is 0 Å². The van der Waals surface area contributed by atoms with E-state index in [1.807, 2.05) is 4.72 Å². The van der Waals surface area contributed by atoms with E-state index >= 15 is 0 Å². The SMILES string of the molecule is COc1c(F)c(F)c(S(=O)(=O)Nc2ccccc2C(=O)N[C@H](C)c2ccccc2)c(F)c1F. The van der Waals surface area contributed by atoms with Crippen molar-refractivity contribution in [3.8, 4) is 5.75 Å². The van der Waals surface area contributed by atoms with Gasteiger partial charge in [-0.2, -0.15) is 8.78 Å². The van der Waals surface area contributed by atoms with E-state index in [4.69, 9.17) is 0 Å². The highest BCUT2D eigenvalue weighted by Gasteiger charge is 2.34. The van der Waals surface area contributed by atoms with Crippen LogP contribution in [0.5, 0.6) is 5.75 Å². The molecule has 0 radical (unpaired) electrons. The molecule has 0 spiro atoms. The van der Waals surface area contributed by atoms with Crippen LogP contribution in [0.15, 0.2) is 59.5 Å². The minimum Gasteiger partial charge on any atom is -0.491 e. The summed E-state index contributed by atoms with van der Waals surface area (Å²) < 4.78 is 88.2. The van der Waals surface area contributed by atoms with Gasteiger partial charge in [-0.3, -0.25) is 9.52 Å². The molecule has 174 valence electrons. The lowest BCUT2D eigenvalue weighted by Crippen LogP contribution is -2.28. The molecule has 1 atom stereocenters. The van der Waals surface area contributed by atoms with Crippen LogP contribution < -0.4 is 14.8 Å². The summed E-state index contributed by atoms with van der Waals surface area (Å²) in [5, 5.41) is 2.68. The highest BCUT2D eigenvalue weighted by Crippen LogP contribution is 2.33. The summed E-state index contributed by atoms with van der Waals surface area (Å²) >= 11 is 0. The molecule has 1 amide bonds. The number of carbonyl (C=O) groups excluding carboxylic acids is 1. The molecule has 3 aromatic rings. The van der Waals surface area contributed by atoms with Crippen molar-refractivity contribution in [3.05, 3.63) is 89.0 Å². The molecule has 11 heteroatoms. The summed E-state index contributed by atoms with van der Waals surface area (Å²) in [7, 11) is -4.43. The van der Waals surface area contributed by atoms with Crippen molar-refractivity contribution in [2.75, 3.05) is 11.8 Å². The molecule has 0 aliphatic heterocycles. The van der Waals surface area contributed by atoms with Crippen LogP contribution >= 0.6 is 0 Å². The molecule has 0 saturated carbocycles. The number of anilines is 1. The molecule has 3 aromatic carbocycles. The van der Waals surface area contributed by atoms with Gasteiger partial charge in [-0.15, -0.1) is 0 Å². The maximum atomic E-state index is 14.3. The summed E-state index contributed by atoms with van der Waals surface area (Å²) in [6, 6.07) is 13.7. The van der Waals surface area contributed by atoms with Crippen LogP contribution in [0.25, 0.3) is 0 Å². The topological polar surface area (TPSA) is 84.5 Å². The van der Waals surface area contributed by atoms with Crippen molar-refractivity contribution in [2.24, 2.45) is 0 Å². The van der Waals surface area contributed by atoms with Crippen LogP contribution in [0.3, 0.4) is 0 Å². The van der Waals surface area contributed by atoms with Crippen molar-refractivity contribution in [3.63, 3.8) is 0 Å². The first kappa shape index (κ1) is 24.1. The summed E-state index contributed by atoms with van der Waals surface area (Å²) in [5.41, 5.74) is 0.238. The van der Waals surface area contributed by atoms with Gasteiger partial charge in [-0.05, 0) is 24.6 Å². The minimum atomic E-state index is -5.20. The van der Waals surface area contributed by atoms with Crippen molar-refractivity contribution in [1.29, 1.82) is 0 Å². The minimum absolute atomic E-state index is 0.181. The predicted octanol–water partition coefficient (Wildman–Crippen LogP) is 4.54. The van der Waals surface area contributed by atoms with E-state index in [0.717, 1.165) is 18.7 Å². The Hall–Kier alpha value is -3.60. The van der Waals surface area contributed by atoms with Crippen LogP contribution in [0.2, 0.25) is 0 Å². The fraction of sp³-hybridized carbons (Fsp3) is 0.136. The number of para-hydroxylation sites is 1. The number of amides is 1. The Balaban J connectivity index is 1.96. The van der Waals surface area contributed by atoms with Gasteiger partial charge >= 0.3 is 0 Å². The smallest absolute Gasteiger partial charge is 0.268 e. The number of carbonyl (C=O) groups is 1. The van der Waals surface area contributed by atoms with Crippen molar-refractivity contribution < 1.29 is 35.5 Å². The predicted molar refractivity (Wildman–Crippen MR) is 112 cm³/mol. The number of methoxy groups -OCH3 is 1. The molecule has 0 heterocycles. The van der Waals surface area contributed by atoms with Crippen molar-refractivity contribution >= 4 is 21.6 Å². The number of halogens is 4. The summed E-state index contributed by atoms with van der Waals surface area (Å²) in [4.78, 5) is 10.9. The second kappa shape index (κ2) is 9.49. The molecule has 3 rings (SSSR count). The first-order valence-corrected chi connectivity index (χ1v) is 10.9. The monoisotopic (exact) mass is 482 g/mol. The summed E-state index contributed by atoms with van der Waals surface area (Å²) in [6.45, 7) is 1.70. The molecule has 33 heavy (non-hydrogen) atoms. The molecule has 0 saturated heterocycles. The Labute approximate surface area is 187 Å². The zero-order valence-electron chi connectivity index (χ0n) is 17.3. The van der Waals surface area contributed by atoms with Crippen LogP contribution in [-0.2, 0) is 10.0 Å². The van der Waals surface area contributed by atoms with E-state index in [9.17, 15) is 30.8 Å². The average Bonchev–Trinajstić information content (AvgIpc) is 2.78. The van der Waals surface area contributed by atoms with Gasteiger partial charge in [0.15, 0.2) is 22.3 Å². The van der Waals surface area contributed by atoms with E-state index in [1.54, 1.807) is 37.3 Å². The van der Waals surface area contributed by atoms with Gasteiger partial charge in [-0.1, -0.05) is 42.5 Å². The second-order valence-corrected chi connectivity index (χ2v) is 8.49. The van der Waals surface area contributed by atoms with Gasteiger partial charge in [0.2, 0.25) is 11.6 Å². The van der Waals surface area contributed by atoms with Gasteiger partial charge in [-0.25, -0.2) is 17.2 Å². The van der Waals surface area contributed by atoms with Crippen LogP contribution in [-0.4, -0.2) is 21.4 Å². The highest BCUT2D eigenvalue weighted by molar-refractivity contribution is 7.92. The first-order valence-electron chi connectivity index (χ1n) is 9.46. The molecule has 6 nitrogen and oxygen atoms in total. The third kappa shape index (κ3) is 4.77. The molecule has 0 bridgehead atoms. The number of hydrogen-bond donors (Lipinski definition) is 2. The van der Waals surface area contributed by atoms with E-state index in [1.165, 1.54) is 18.2 Å². The van der Waals surface area contributed by atoms with Gasteiger partial charge in [0.05, 0.1) is 24.4 Å². The number of ether oxygens (including phenoxy) is 1. The lowest BCUT2D eigenvalue weighted by atomic mass is 10.1. The maximum absolute atomic E-state index is 14.3. The first-order chi connectivity index (χ1) is 15.6. The Kier molecular flexibility index (Phi) is 6.92. The molecular weight excluding hydrogens is 464 g/mol. The Bertz CT molecular complexity index is 1270. The number of benzene rings is 3. The third-order valence-corrected chi connectivity index (χ3v) is 6.10. The van der Waals surface area contributed by atoms with E-state index < -0.39 is 55.9 Å². The molecule has 0 fully saturated rings. The summed E-state index contributed by atoms with van der Waals surface area (Å²) in [5.74, 6) is -10.5. The third-order valence-electron chi connectivity index (χ3n) is 4.72. The van der Waals surface area contributed by atoms with Crippen molar-refractivity contribution in [2.45, 2.75) is 17.9 Å². The largest absolute Gasteiger partial charge is 0.491 e. The van der Waals surface area contributed by atoms with E-state index in [-0.39, 0.29) is 11.3 Å². The molecule has 0 aliphatic carbocycles. The van der Waals surface area contributed by atoms with Crippen LogP contribution in [0.1, 0.15) is 28.9 Å². The van der Waals surface area contributed by atoms with Crippen molar-refractivity contribution in [1.82, 2.24) is 5.32 Å². The zero-order valence-corrected chi connectivity index (χ0v) is 18.1. The van der Waals surface area contributed by atoms with Crippen LogP contribution in [0.4, 0.5) is 23.2 Å². The standard InChI is InChI=1S/C22H18F4N2O4S/c1-12(13-8-4-3-5-9-13)27-22(29)14-10-6-7-11-15(14)28-33(30,31)21-18(25)16(23)20(32-2)17(24)19(21)26/h3-12,28H,1-2H3,(H,27,29)/t12-/m1/s1. The van der Waals surface area contributed by atoms with Gasteiger partial charge < -0.3 is 10.1 Å². The van der Waals surface area contributed by atoms with Gasteiger partial charge in [0, 0.05) is 0 Å². The normalized spacial score (nSPS) is 12.2. The zero-order chi connectivity index (χ0) is 24.3. The van der Waals surface area contributed by atoms with Gasteiger partial charge in [0.25, 0.3) is 15.9 Å². The lowest BCUT2D eigenvalue weighted by molar-refractivity contribution is 0.0941. The molecule has 2 N–H and O–H groups in total. The lowest BCUT2D eigenvalue weighted by Gasteiger charge is -2.17. The fourth-order valence-electron chi connectivity index (χ4n) is 3.07. The maximum Gasteiger partial charge on any atom is 0.268 e. The number of nitrogens with one attached hydrogen (secondary N) is 2. The highest BCUT2D eigenvalue weighted by atomic mass is 32.2. The quantitative estimate of drug-likeness (QED) is 0.383. The number of rotatable bonds is 7. The van der Waals surface area contributed by atoms with Gasteiger partial charge in [0.1, 0.15) is 0 Å². The molecular formula is C22H18F4N2O4S. The Morgan fingerprint density at radius 3 is 2.00 bits per heavy atom. The second-order valence-electron chi connectivity index (χ2n) is 6.88. The van der Waals surface area contributed by atoms with E-state index in [2.05, 4.69) is 10.1 Å². The fourth-order valence-corrected chi connectivity index (χ4v) is 4.29. The molecule has 0 aliphatic rings. The average molecular weight is 482 g/mol. The van der Waals surface area contributed by atoms with Crippen LogP contribution in [0, 0.1) is 23.3 Å². The Morgan fingerprint density at radius 1 is 0.879 bits per heavy atom. The number of sulfonamides is 1. The Morgan fingerprint density at radius 2 is 1.42 bits per heavy atom. The number of hydrogen-bond acceptors (Lipinski definition) is 4.